The number of imidazole rings is 1. The van der Waals surface area contributed by atoms with Gasteiger partial charge in [0, 0.05) is 30.2 Å². The number of hydrogen-bond acceptors (Lipinski definition) is 5. The Morgan fingerprint density at radius 3 is 2.53 bits per heavy atom. The quantitative estimate of drug-likeness (QED) is 0.325. The number of carbonyl (C=O) groups is 1. The number of aryl methyl sites for hydroxylation is 2. The smallest absolute Gasteiger partial charge is 0.335 e. The number of carbonyl (C=O) groups excluding carboxylic acids is 1. The van der Waals surface area contributed by atoms with Crippen LogP contribution in [0.3, 0.4) is 0 Å². The third kappa shape index (κ3) is 4.45. The average Bonchev–Trinajstić information content (AvgIpc) is 3.44. The van der Waals surface area contributed by atoms with Crippen LogP contribution in [0.1, 0.15) is 33.0 Å². The van der Waals surface area contributed by atoms with Crippen molar-refractivity contribution in [3.05, 3.63) is 95.2 Å². The van der Waals surface area contributed by atoms with Crippen LogP contribution in [0.5, 0.6) is 0 Å². The van der Waals surface area contributed by atoms with E-state index in [1.165, 1.54) is 24.3 Å². The number of halogens is 3. The van der Waals surface area contributed by atoms with Crippen molar-refractivity contribution < 1.29 is 22.5 Å². The number of nitrogens with zero attached hydrogens (tertiary/aromatic N) is 4. The summed E-state index contributed by atoms with van der Waals surface area (Å²) >= 11 is 0. The summed E-state index contributed by atoms with van der Waals surface area (Å²) in [7, 11) is 0. The molecule has 0 unspecified atom stereocenters. The second-order valence-corrected chi connectivity index (χ2v) is 8.30. The molecule has 1 N–H and O–H groups in total. The Balaban J connectivity index is 1.48. The molecular weight excluding hydrogens is 471 g/mol. The van der Waals surface area contributed by atoms with Gasteiger partial charge in [-0.3, -0.25) is 4.79 Å². The van der Waals surface area contributed by atoms with Crippen molar-refractivity contribution in [1.29, 1.82) is 0 Å². The summed E-state index contributed by atoms with van der Waals surface area (Å²) in [5.41, 5.74) is 0.996. The molecule has 5 aromatic rings. The van der Waals surface area contributed by atoms with E-state index in [9.17, 15) is 18.0 Å². The van der Waals surface area contributed by atoms with Gasteiger partial charge in [0.05, 0.1) is 27.9 Å². The number of fused-ring (bicyclic) bond motifs is 1. The first-order valence-electron chi connectivity index (χ1n) is 11.0. The van der Waals surface area contributed by atoms with Crippen LogP contribution in [0.15, 0.2) is 71.5 Å². The van der Waals surface area contributed by atoms with Crippen LogP contribution in [0.2, 0.25) is 0 Å². The predicted octanol–water partition coefficient (Wildman–Crippen LogP) is 6.02. The van der Waals surface area contributed by atoms with Gasteiger partial charge < -0.3 is 14.4 Å². The molecular formula is C26H20F3N5O2. The number of amides is 1. The first-order valence-corrected chi connectivity index (χ1v) is 11.0. The number of anilines is 1. The molecule has 0 aliphatic heterocycles. The number of nitrogens with one attached hydrogen (secondary N) is 1. The number of aromatic nitrogens is 4. The Hall–Kier alpha value is -4.47. The topological polar surface area (TPSA) is 85.8 Å². The first-order chi connectivity index (χ1) is 17.2. The predicted molar refractivity (Wildman–Crippen MR) is 127 cm³/mol. The zero-order valence-electron chi connectivity index (χ0n) is 19.3. The molecule has 0 radical (unpaired) electrons. The van der Waals surface area contributed by atoms with Gasteiger partial charge in [-0.1, -0.05) is 35.5 Å². The second-order valence-electron chi connectivity index (χ2n) is 8.30. The molecule has 0 bridgehead atoms. The molecule has 7 nitrogen and oxygen atoms in total. The molecule has 2 aromatic carbocycles. The number of alkyl halides is 3. The molecule has 3 aromatic heterocycles. The third-order valence-corrected chi connectivity index (χ3v) is 5.86. The van der Waals surface area contributed by atoms with E-state index in [4.69, 9.17) is 4.52 Å². The summed E-state index contributed by atoms with van der Waals surface area (Å²) in [6, 6.07) is 13.7. The van der Waals surface area contributed by atoms with Gasteiger partial charge in [-0.2, -0.15) is 13.2 Å². The third-order valence-electron chi connectivity index (χ3n) is 5.86. The van der Waals surface area contributed by atoms with Gasteiger partial charge in [-0.25, -0.2) is 9.97 Å². The molecule has 10 heteroatoms. The van der Waals surface area contributed by atoms with Crippen LogP contribution >= 0.6 is 0 Å². The molecule has 0 saturated carbocycles. The fourth-order valence-corrected chi connectivity index (χ4v) is 4.02. The Bertz CT molecular complexity index is 1570. The van der Waals surface area contributed by atoms with Crippen LogP contribution in [-0.4, -0.2) is 25.6 Å². The van der Waals surface area contributed by atoms with Crippen molar-refractivity contribution in [2.45, 2.75) is 26.6 Å². The zero-order valence-corrected chi connectivity index (χ0v) is 19.3. The molecule has 0 atom stereocenters. The van der Waals surface area contributed by atoms with E-state index in [1.54, 1.807) is 25.3 Å². The second kappa shape index (κ2) is 8.95. The minimum Gasteiger partial charge on any atom is -0.335 e. The molecule has 182 valence electrons. The summed E-state index contributed by atoms with van der Waals surface area (Å²) in [6.07, 6.45) is -0.979. The Kier molecular flexibility index (Phi) is 5.79. The van der Waals surface area contributed by atoms with Gasteiger partial charge in [0.15, 0.2) is 0 Å². The molecule has 36 heavy (non-hydrogen) atoms. The lowest BCUT2D eigenvalue weighted by atomic mass is 10.0. The maximum Gasteiger partial charge on any atom is 0.417 e. The van der Waals surface area contributed by atoms with E-state index in [-0.39, 0.29) is 22.5 Å². The average molecular weight is 491 g/mol. The molecule has 3 heterocycles. The van der Waals surface area contributed by atoms with Gasteiger partial charge in [0.25, 0.3) is 11.6 Å². The lowest BCUT2D eigenvalue weighted by molar-refractivity contribution is -0.137. The van der Waals surface area contributed by atoms with Gasteiger partial charge in [0.2, 0.25) is 0 Å². The Morgan fingerprint density at radius 2 is 1.83 bits per heavy atom. The fraction of sp³-hybridized carbons (Fsp3) is 0.154. The first kappa shape index (κ1) is 23.3. The van der Waals surface area contributed by atoms with Crippen LogP contribution in [0.4, 0.5) is 18.9 Å². The Morgan fingerprint density at radius 1 is 1.08 bits per heavy atom. The SMILES string of the molecule is Cc1noc2nc(-c3ccccc3C(F)(F)F)cc(C(=O)Nc3ccc(Cn4ccnc4C)cc3)c12. The van der Waals surface area contributed by atoms with Crippen molar-refractivity contribution in [3.8, 4) is 11.3 Å². The molecule has 0 saturated heterocycles. The van der Waals surface area contributed by atoms with E-state index in [1.807, 2.05) is 29.8 Å². The monoisotopic (exact) mass is 491 g/mol. The summed E-state index contributed by atoms with van der Waals surface area (Å²) in [6.45, 7) is 4.19. The van der Waals surface area contributed by atoms with Crippen molar-refractivity contribution in [3.63, 3.8) is 0 Å². The van der Waals surface area contributed by atoms with Gasteiger partial charge in [-0.05, 0) is 43.7 Å². The highest BCUT2D eigenvalue weighted by molar-refractivity contribution is 6.13. The van der Waals surface area contributed by atoms with Crippen LogP contribution < -0.4 is 5.32 Å². The number of hydrogen-bond donors (Lipinski definition) is 1. The van der Waals surface area contributed by atoms with E-state index in [2.05, 4.69) is 20.4 Å². The summed E-state index contributed by atoms with van der Waals surface area (Å²) < 4.78 is 48.1. The molecule has 0 fully saturated rings. The number of rotatable bonds is 5. The maximum absolute atomic E-state index is 13.6. The fourth-order valence-electron chi connectivity index (χ4n) is 4.02. The number of pyridine rings is 1. The van der Waals surface area contributed by atoms with Gasteiger partial charge in [0.1, 0.15) is 5.82 Å². The lowest BCUT2D eigenvalue weighted by Crippen LogP contribution is -2.14. The summed E-state index contributed by atoms with van der Waals surface area (Å²) in [4.78, 5) is 21.7. The normalized spacial score (nSPS) is 11.7. The minimum atomic E-state index is -4.59. The summed E-state index contributed by atoms with van der Waals surface area (Å²) in [5.74, 6) is 0.374. The highest BCUT2D eigenvalue weighted by Crippen LogP contribution is 2.37. The highest BCUT2D eigenvalue weighted by atomic mass is 19.4. The maximum atomic E-state index is 13.6. The number of benzene rings is 2. The van der Waals surface area contributed by atoms with E-state index in [0.717, 1.165) is 17.5 Å². The van der Waals surface area contributed by atoms with Crippen LogP contribution in [0.25, 0.3) is 22.4 Å². The highest BCUT2D eigenvalue weighted by Gasteiger charge is 2.34. The molecule has 5 rings (SSSR count). The van der Waals surface area contributed by atoms with Gasteiger partial charge >= 0.3 is 6.18 Å². The van der Waals surface area contributed by atoms with Crippen molar-refractivity contribution in [2.24, 2.45) is 0 Å². The molecule has 0 spiro atoms. The lowest BCUT2D eigenvalue weighted by Gasteiger charge is -2.13. The standard InChI is InChI=1S/C26H20F3N5O2/c1-15-23-20(24(35)31-18-9-7-17(8-10-18)14-34-12-11-30-16(34)2)13-22(32-25(23)36-33-15)19-5-3-4-6-21(19)26(27,28)29/h3-13H,14H2,1-2H3,(H,31,35). The molecule has 1 amide bonds. The van der Waals surface area contributed by atoms with E-state index < -0.39 is 17.6 Å². The van der Waals surface area contributed by atoms with Crippen LogP contribution in [-0.2, 0) is 12.7 Å². The molecule has 0 aliphatic rings. The molecule has 0 aliphatic carbocycles. The minimum absolute atomic E-state index is 0.0156. The zero-order chi connectivity index (χ0) is 25.4. The van der Waals surface area contributed by atoms with Gasteiger partial charge in [-0.15, -0.1) is 0 Å². The summed E-state index contributed by atoms with van der Waals surface area (Å²) in [5, 5.41) is 7.01. The Labute approximate surface area is 203 Å². The van der Waals surface area contributed by atoms with Crippen molar-refractivity contribution in [2.75, 3.05) is 5.32 Å². The largest absolute Gasteiger partial charge is 0.417 e. The van der Waals surface area contributed by atoms with Crippen LogP contribution in [0, 0.1) is 13.8 Å². The van der Waals surface area contributed by atoms with E-state index in [0.29, 0.717) is 23.3 Å². The van der Waals surface area contributed by atoms with Crippen molar-refractivity contribution >= 4 is 22.7 Å². The van der Waals surface area contributed by atoms with E-state index >= 15 is 0 Å². The van der Waals surface area contributed by atoms with Crippen molar-refractivity contribution in [1.82, 2.24) is 19.7 Å².